The largest absolute Gasteiger partial charge is 0.280 e. The van der Waals surface area contributed by atoms with Crippen molar-refractivity contribution in [3.8, 4) is 0 Å². The van der Waals surface area contributed by atoms with E-state index in [4.69, 9.17) is 5.84 Å². The molecular formula is C8H16N2O. The first kappa shape index (κ1) is 8.53. The predicted molar refractivity (Wildman–Crippen MR) is 43.6 cm³/mol. The van der Waals surface area contributed by atoms with E-state index in [9.17, 15) is 4.79 Å². The van der Waals surface area contributed by atoms with Gasteiger partial charge in [-0.15, -0.1) is 0 Å². The number of hydrazine groups is 1. The summed E-state index contributed by atoms with van der Waals surface area (Å²) in [5.74, 6) is 5.48. The van der Waals surface area contributed by atoms with E-state index in [1.807, 2.05) is 0 Å². The van der Waals surface area contributed by atoms with Crippen molar-refractivity contribution in [3.63, 3.8) is 0 Å². The second-order valence-electron chi connectivity index (χ2n) is 3.20. The number of amides is 1. The molecule has 1 fully saturated rings. The third-order valence-corrected chi connectivity index (χ3v) is 2.37. The Hall–Kier alpha value is -0.570. The van der Waals surface area contributed by atoms with Crippen molar-refractivity contribution >= 4 is 6.41 Å². The van der Waals surface area contributed by atoms with Gasteiger partial charge in [-0.1, -0.05) is 25.7 Å². The first-order valence-corrected chi connectivity index (χ1v) is 4.33. The normalized spacial score (nSPS) is 20.8. The average molecular weight is 156 g/mol. The second kappa shape index (κ2) is 4.34. The fourth-order valence-electron chi connectivity index (χ4n) is 1.64. The summed E-state index contributed by atoms with van der Waals surface area (Å²) < 4.78 is 0. The number of nitrogens with two attached hydrogens (primary N) is 1. The maximum absolute atomic E-state index is 10.3. The van der Waals surface area contributed by atoms with Gasteiger partial charge >= 0.3 is 0 Å². The zero-order valence-corrected chi connectivity index (χ0v) is 6.83. The van der Waals surface area contributed by atoms with Gasteiger partial charge in [-0.2, -0.15) is 0 Å². The molecule has 2 N–H and O–H groups in total. The highest BCUT2D eigenvalue weighted by molar-refractivity contribution is 5.46. The fraction of sp³-hybridized carbons (Fsp3) is 0.875. The highest BCUT2D eigenvalue weighted by Crippen LogP contribution is 2.19. The number of hydrogen-bond donors (Lipinski definition) is 1. The highest BCUT2D eigenvalue weighted by atomic mass is 16.1. The Morgan fingerprint density at radius 3 is 2.18 bits per heavy atom. The van der Waals surface area contributed by atoms with Crippen LogP contribution in [0.25, 0.3) is 0 Å². The molecule has 11 heavy (non-hydrogen) atoms. The number of carbonyl (C=O) groups is 1. The molecule has 0 aliphatic heterocycles. The minimum atomic E-state index is 0.301. The van der Waals surface area contributed by atoms with Crippen molar-refractivity contribution in [1.82, 2.24) is 5.01 Å². The summed E-state index contributed by atoms with van der Waals surface area (Å²) in [7, 11) is 0. The van der Waals surface area contributed by atoms with Gasteiger partial charge in [-0.25, -0.2) is 5.84 Å². The van der Waals surface area contributed by atoms with Gasteiger partial charge in [0.1, 0.15) is 0 Å². The zero-order chi connectivity index (χ0) is 8.10. The van der Waals surface area contributed by atoms with Crippen LogP contribution in [0.4, 0.5) is 0 Å². The summed E-state index contributed by atoms with van der Waals surface area (Å²) >= 11 is 0. The molecule has 0 saturated heterocycles. The van der Waals surface area contributed by atoms with Crippen LogP contribution in [-0.4, -0.2) is 17.5 Å². The second-order valence-corrected chi connectivity index (χ2v) is 3.20. The summed E-state index contributed by atoms with van der Waals surface area (Å²) in [6.07, 6.45) is 7.91. The Morgan fingerprint density at radius 1 is 1.18 bits per heavy atom. The summed E-state index contributed by atoms with van der Waals surface area (Å²) in [4.78, 5) is 10.3. The molecule has 0 unspecified atom stereocenters. The van der Waals surface area contributed by atoms with Crippen molar-refractivity contribution in [3.05, 3.63) is 0 Å². The highest BCUT2D eigenvalue weighted by Gasteiger charge is 2.15. The van der Waals surface area contributed by atoms with E-state index in [1.54, 1.807) is 0 Å². The third kappa shape index (κ3) is 2.50. The molecule has 3 nitrogen and oxygen atoms in total. The molecule has 3 heteroatoms. The number of carbonyl (C=O) groups excluding carboxylic acids is 1. The van der Waals surface area contributed by atoms with Gasteiger partial charge < -0.3 is 0 Å². The van der Waals surface area contributed by atoms with Crippen LogP contribution in [0.3, 0.4) is 0 Å². The van der Waals surface area contributed by atoms with Gasteiger partial charge in [0.2, 0.25) is 6.41 Å². The van der Waals surface area contributed by atoms with E-state index in [2.05, 4.69) is 0 Å². The summed E-state index contributed by atoms with van der Waals surface area (Å²) in [6.45, 7) is 0. The Labute approximate surface area is 67.5 Å². The van der Waals surface area contributed by atoms with E-state index in [-0.39, 0.29) is 0 Å². The van der Waals surface area contributed by atoms with Gasteiger partial charge in [0, 0.05) is 6.04 Å². The lowest BCUT2D eigenvalue weighted by molar-refractivity contribution is -0.120. The molecule has 0 radical (unpaired) electrons. The number of rotatable bonds is 2. The lowest BCUT2D eigenvalue weighted by Gasteiger charge is -2.21. The van der Waals surface area contributed by atoms with Crippen LogP contribution < -0.4 is 5.84 Å². The SMILES string of the molecule is NN(C=O)C1CCCCCC1. The molecule has 1 amide bonds. The first-order valence-electron chi connectivity index (χ1n) is 4.33. The van der Waals surface area contributed by atoms with E-state index >= 15 is 0 Å². The molecule has 64 valence electrons. The van der Waals surface area contributed by atoms with E-state index in [0.29, 0.717) is 6.04 Å². The van der Waals surface area contributed by atoms with Gasteiger partial charge in [0.25, 0.3) is 0 Å². The molecule has 1 aliphatic carbocycles. The summed E-state index contributed by atoms with van der Waals surface area (Å²) in [6, 6.07) is 0.301. The Kier molecular flexibility index (Phi) is 3.36. The first-order chi connectivity index (χ1) is 5.34. The van der Waals surface area contributed by atoms with E-state index in [1.165, 1.54) is 30.7 Å². The molecule has 0 aromatic rings. The minimum absolute atomic E-state index is 0.301. The predicted octanol–water partition coefficient (Wildman–Crippen LogP) is 1.04. The molecule has 1 aliphatic rings. The molecule has 0 aromatic heterocycles. The Bertz CT molecular complexity index is 119. The molecule has 0 spiro atoms. The number of nitrogens with zero attached hydrogens (tertiary/aromatic N) is 1. The van der Waals surface area contributed by atoms with Gasteiger partial charge in [0.15, 0.2) is 0 Å². The maximum Gasteiger partial charge on any atom is 0.223 e. The Balaban J connectivity index is 2.35. The summed E-state index contributed by atoms with van der Waals surface area (Å²) in [5.41, 5.74) is 0. The molecule has 1 saturated carbocycles. The van der Waals surface area contributed by atoms with Crippen molar-refractivity contribution in [2.75, 3.05) is 0 Å². The van der Waals surface area contributed by atoms with Gasteiger partial charge in [0.05, 0.1) is 0 Å². The molecular weight excluding hydrogens is 140 g/mol. The smallest absolute Gasteiger partial charge is 0.223 e. The topological polar surface area (TPSA) is 46.3 Å². The van der Waals surface area contributed by atoms with Crippen molar-refractivity contribution in [2.24, 2.45) is 5.84 Å². The van der Waals surface area contributed by atoms with Gasteiger partial charge in [-0.05, 0) is 12.8 Å². The van der Waals surface area contributed by atoms with Crippen LogP contribution >= 0.6 is 0 Å². The maximum atomic E-state index is 10.3. The fourth-order valence-corrected chi connectivity index (χ4v) is 1.64. The van der Waals surface area contributed by atoms with E-state index in [0.717, 1.165) is 19.3 Å². The molecule has 0 aromatic carbocycles. The quantitative estimate of drug-likeness (QED) is 0.213. The van der Waals surface area contributed by atoms with Crippen LogP contribution in [0.15, 0.2) is 0 Å². The van der Waals surface area contributed by atoms with Crippen molar-refractivity contribution in [1.29, 1.82) is 0 Å². The number of hydrogen-bond acceptors (Lipinski definition) is 2. The minimum Gasteiger partial charge on any atom is -0.280 e. The molecule has 0 bridgehead atoms. The van der Waals surface area contributed by atoms with Crippen molar-refractivity contribution in [2.45, 2.75) is 44.6 Å². The average Bonchev–Trinajstić information content (AvgIpc) is 2.30. The standard InChI is InChI=1S/C8H16N2O/c9-10(7-11)8-5-3-1-2-4-6-8/h7-8H,1-6,9H2. The van der Waals surface area contributed by atoms with Crippen LogP contribution in [0.5, 0.6) is 0 Å². The van der Waals surface area contributed by atoms with E-state index < -0.39 is 0 Å². The van der Waals surface area contributed by atoms with Crippen LogP contribution in [-0.2, 0) is 4.79 Å². The van der Waals surface area contributed by atoms with Gasteiger partial charge in [-0.3, -0.25) is 9.80 Å². The Morgan fingerprint density at radius 2 is 1.73 bits per heavy atom. The van der Waals surface area contributed by atoms with Crippen LogP contribution in [0.2, 0.25) is 0 Å². The lowest BCUT2D eigenvalue weighted by Crippen LogP contribution is -2.39. The molecule has 1 rings (SSSR count). The molecule has 0 atom stereocenters. The zero-order valence-electron chi connectivity index (χ0n) is 6.83. The lowest BCUT2D eigenvalue weighted by atomic mass is 10.1. The van der Waals surface area contributed by atoms with Crippen LogP contribution in [0.1, 0.15) is 38.5 Å². The summed E-state index contributed by atoms with van der Waals surface area (Å²) in [5, 5.41) is 1.32. The van der Waals surface area contributed by atoms with Crippen LogP contribution in [0, 0.1) is 0 Å². The van der Waals surface area contributed by atoms with Crippen molar-refractivity contribution < 1.29 is 4.79 Å². The molecule has 0 heterocycles. The third-order valence-electron chi connectivity index (χ3n) is 2.37. The monoisotopic (exact) mass is 156 g/mol.